The van der Waals surface area contributed by atoms with Gasteiger partial charge in [0.2, 0.25) is 0 Å². The highest BCUT2D eigenvalue weighted by atomic mass is 35.5. The Bertz CT molecular complexity index is 356. The molecule has 1 aliphatic carbocycles. The summed E-state index contributed by atoms with van der Waals surface area (Å²) < 4.78 is 0. The molecule has 2 aliphatic rings. The minimum Gasteiger partial charge on any atom is -0.312 e. The van der Waals surface area contributed by atoms with Gasteiger partial charge in [0, 0.05) is 18.5 Å². The highest BCUT2D eigenvalue weighted by Crippen LogP contribution is 2.42. The summed E-state index contributed by atoms with van der Waals surface area (Å²) in [5.74, 6) is 0. The van der Waals surface area contributed by atoms with Crippen LogP contribution in [0.5, 0.6) is 0 Å². The molecule has 16 heavy (non-hydrogen) atoms. The van der Waals surface area contributed by atoms with Crippen LogP contribution in [0, 0.1) is 0 Å². The van der Waals surface area contributed by atoms with E-state index in [4.69, 9.17) is 0 Å². The van der Waals surface area contributed by atoms with Crippen molar-refractivity contribution in [3.8, 4) is 0 Å². The maximum Gasteiger partial charge on any atom is 0.0208 e. The average Bonchev–Trinajstić information content (AvgIpc) is 2.31. The summed E-state index contributed by atoms with van der Waals surface area (Å²) in [5, 5.41) is 3.60. The first-order valence-electron chi connectivity index (χ1n) is 6.20. The molecule has 0 amide bonds. The Hall–Kier alpha value is -0.530. The van der Waals surface area contributed by atoms with Crippen molar-refractivity contribution in [1.82, 2.24) is 5.32 Å². The quantitative estimate of drug-likeness (QED) is 0.729. The largest absolute Gasteiger partial charge is 0.312 e. The van der Waals surface area contributed by atoms with Gasteiger partial charge in [0.15, 0.2) is 0 Å². The lowest BCUT2D eigenvalue weighted by atomic mass is 9.67. The minimum absolute atomic E-state index is 0. The van der Waals surface area contributed by atoms with E-state index in [1.54, 1.807) is 5.56 Å². The van der Waals surface area contributed by atoms with Crippen LogP contribution in [0.4, 0.5) is 0 Å². The first-order valence-corrected chi connectivity index (χ1v) is 6.20. The van der Waals surface area contributed by atoms with Crippen LogP contribution in [0.3, 0.4) is 0 Å². The van der Waals surface area contributed by atoms with Crippen LogP contribution >= 0.6 is 12.4 Å². The summed E-state index contributed by atoms with van der Waals surface area (Å²) in [4.78, 5) is 0. The molecule has 1 aromatic rings. The van der Waals surface area contributed by atoms with Gasteiger partial charge in [-0.2, -0.15) is 0 Å². The molecule has 0 saturated heterocycles. The topological polar surface area (TPSA) is 12.0 Å². The van der Waals surface area contributed by atoms with Gasteiger partial charge in [-0.05, 0) is 24.0 Å². The molecule has 1 fully saturated rings. The second-order valence-corrected chi connectivity index (χ2v) is 5.10. The molecule has 1 aliphatic heterocycles. The lowest BCUT2D eigenvalue weighted by molar-refractivity contribution is 0.264. The van der Waals surface area contributed by atoms with E-state index in [0.717, 1.165) is 6.54 Å². The van der Waals surface area contributed by atoms with Gasteiger partial charge >= 0.3 is 0 Å². The standard InChI is InChI=1S/C14H19N.ClH/c1-4-8-14(9-5-1)11-15-10-12-6-2-3-7-13(12)14;/h2-3,6-7,15H,1,4-5,8-11H2;1H. The third-order valence-corrected chi connectivity index (χ3v) is 4.18. The van der Waals surface area contributed by atoms with Crippen LogP contribution in [0.1, 0.15) is 43.2 Å². The molecule has 0 aromatic heterocycles. The van der Waals surface area contributed by atoms with Crippen molar-refractivity contribution < 1.29 is 0 Å². The van der Waals surface area contributed by atoms with E-state index in [9.17, 15) is 0 Å². The van der Waals surface area contributed by atoms with Crippen molar-refractivity contribution in [1.29, 1.82) is 0 Å². The number of fused-ring (bicyclic) bond motifs is 2. The van der Waals surface area contributed by atoms with Crippen LogP contribution in [0.15, 0.2) is 24.3 Å². The second-order valence-electron chi connectivity index (χ2n) is 5.10. The van der Waals surface area contributed by atoms with Crippen LogP contribution in [0.25, 0.3) is 0 Å². The van der Waals surface area contributed by atoms with Crippen molar-refractivity contribution in [3.63, 3.8) is 0 Å². The van der Waals surface area contributed by atoms with Gasteiger partial charge in [0.05, 0.1) is 0 Å². The van der Waals surface area contributed by atoms with Gasteiger partial charge in [-0.25, -0.2) is 0 Å². The second kappa shape index (κ2) is 4.77. The smallest absolute Gasteiger partial charge is 0.0208 e. The van der Waals surface area contributed by atoms with E-state index < -0.39 is 0 Å². The fraction of sp³-hybridized carbons (Fsp3) is 0.571. The molecule has 0 unspecified atom stereocenters. The van der Waals surface area contributed by atoms with Gasteiger partial charge in [0.25, 0.3) is 0 Å². The number of nitrogens with one attached hydrogen (secondary N) is 1. The van der Waals surface area contributed by atoms with E-state index in [-0.39, 0.29) is 12.4 Å². The first-order chi connectivity index (χ1) is 7.41. The Morgan fingerprint density at radius 2 is 1.75 bits per heavy atom. The highest BCUT2D eigenvalue weighted by Gasteiger charge is 2.36. The maximum absolute atomic E-state index is 3.60. The lowest BCUT2D eigenvalue weighted by Crippen LogP contribution is -2.44. The third kappa shape index (κ3) is 1.87. The van der Waals surface area contributed by atoms with Gasteiger partial charge in [0.1, 0.15) is 0 Å². The van der Waals surface area contributed by atoms with Gasteiger partial charge in [-0.15, -0.1) is 12.4 Å². The fourth-order valence-corrected chi connectivity index (χ4v) is 3.40. The summed E-state index contributed by atoms with van der Waals surface area (Å²) in [7, 11) is 0. The van der Waals surface area contributed by atoms with Crippen molar-refractivity contribution in [2.24, 2.45) is 0 Å². The molecular weight excluding hydrogens is 218 g/mol. The number of halogens is 1. The van der Waals surface area contributed by atoms with Crippen LogP contribution in [0.2, 0.25) is 0 Å². The molecule has 0 atom stereocenters. The van der Waals surface area contributed by atoms with Crippen LogP contribution in [-0.2, 0) is 12.0 Å². The first kappa shape index (κ1) is 11.9. The summed E-state index contributed by atoms with van der Waals surface area (Å²) in [6.45, 7) is 2.27. The van der Waals surface area contributed by atoms with Gasteiger partial charge in [-0.3, -0.25) is 0 Å². The van der Waals surface area contributed by atoms with Crippen LogP contribution < -0.4 is 5.32 Å². The van der Waals surface area contributed by atoms with Gasteiger partial charge < -0.3 is 5.32 Å². The van der Waals surface area contributed by atoms with E-state index in [2.05, 4.69) is 29.6 Å². The zero-order valence-electron chi connectivity index (χ0n) is 9.67. The van der Waals surface area contributed by atoms with Crippen molar-refractivity contribution in [3.05, 3.63) is 35.4 Å². The molecule has 2 heteroatoms. The Morgan fingerprint density at radius 3 is 2.56 bits per heavy atom. The molecule has 1 N–H and O–H groups in total. The molecular formula is C14H20ClN. The lowest BCUT2D eigenvalue weighted by Gasteiger charge is -2.42. The molecule has 0 bridgehead atoms. The van der Waals surface area contributed by atoms with Crippen molar-refractivity contribution >= 4 is 12.4 Å². The molecule has 1 saturated carbocycles. The molecule has 0 radical (unpaired) electrons. The average molecular weight is 238 g/mol. The number of rotatable bonds is 0. The third-order valence-electron chi connectivity index (χ3n) is 4.18. The SMILES string of the molecule is Cl.c1ccc2c(c1)CNCC21CCCCC1. The number of benzene rings is 1. The fourth-order valence-electron chi connectivity index (χ4n) is 3.40. The Morgan fingerprint density at radius 1 is 1.00 bits per heavy atom. The van der Waals surface area contributed by atoms with Gasteiger partial charge in [-0.1, -0.05) is 43.5 Å². The normalized spacial score (nSPS) is 22.2. The zero-order valence-corrected chi connectivity index (χ0v) is 10.5. The van der Waals surface area contributed by atoms with Crippen molar-refractivity contribution in [2.45, 2.75) is 44.1 Å². The monoisotopic (exact) mass is 237 g/mol. The number of hydrogen-bond acceptors (Lipinski definition) is 1. The molecule has 88 valence electrons. The molecule has 1 heterocycles. The maximum atomic E-state index is 3.60. The predicted octanol–water partition coefficient (Wildman–Crippen LogP) is 3.41. The summed E-state index contributed by atoms with van der Waals surface area (Å²) >= 11 is 0. The van der Waals surface area contributed by atoms with E-state index >= 15 is 0 Å². The zero-order chi connectivity index (χ0) is 10.1. The van der Waals surface area contributed by atoms with E-state index in [1.165, 1.54) is 44.2 Å². The molecule has 1 spiro atoms. The summed E-state index contributed by atoms with van der Waals surface area (Å²) in [6, 6.07) is 9.03. The van der Waals surface area contributed by atoms with Crippen LogP contribution in [-0.4, -0.2) is 6.54 Å². The highest BCUT2D eigenvalue weighted by molar-refractivity contribution is 5.85. The summed E-state index contributed by atoms with van der Waals surface area (Å²) in [6.07, 6.45) is 7.03. The van der Waals surface area contributed by atoms with E-state index in [0.29, 0.717) is 5.41 Å². The summed E-state index contributed by atoms with van der Waals surface area (Å²) in [5.41, 5.74) is 3.65. The Labute approximate surface area is 104 Å². The molecule has 1 aromatic carbocycles. The molecule has 3 rings (SSSR count). The Kier molecular flexibility index (Phi) is 3.56. The Balaban J connectivity index is 0.000000963. The van der Waals surface area contributed by atoms with Crippen molar-refractivity contribution in [2.75, 3.05) is 6.54 Å². The predicted molar refractivity (Wildman–Crippen MR) is 70.2 cm³/mol. The molecule has 1 nitrogen and oxygen atoms in total. The van der Waals surface area contributed by atoms with E-state index in [1.807, 2.05) is 0 Å². The minimum atomic E-state index is 0. The number of hydrogen-bond donors (Lipinski definition) is 1.